The number of nitrogens with zero attached hydrogens (tertiary/aromatic N) is 2. The number of carbonyl (C=O) groups excluding carboxylic acids is 1. The third kappa shape index (κ3) is 3.98. The van der Waals surface area contributed by atoms with Gasteiger partial charge in [-0.25, -0.2) is 0 Å². The molecule has 0 aromatic heterocycles. The van der Waals surface area contributed by atoms with Crippen molar-refractivity contribution in [3.05, 3.63) is 46.4 Å². The highest BCUT2D eigenvalue weighted by molar-refractivity contribution is 9.10. The van der Waals surface area contributed by atoms with E-state index in [0.717, 1.165) is 28.8 Å². The van der Waals surface area contributed by atoms with Crippen LogP contribution in [0.1, 0.15) is 5.56 Å². The lowest BCUT2D eigenvalue weighted by Gasteiger charge is -2.36. The lowest BCUT2D eigenvalue weighted by atomic mass is 10.1. The van der Waals surface area contributed by atoms with Crippen molar-refractivity contribution in [1.82, 2.24) is 4.90 Å². The van der Waals surface area contributed by atoms with Gasteiger partial charge < -0.3 is 24.4 Å². The van der Waals surface area contributed by atoms with E-state index < -0.39 is 0 Å². The molecule has 0 unspecified atom stereocenters. The first kappa shape index (κ1) is 18.0. The largest absolute Gasteiger partial charge is 0.508 e. The van der Waals surface area contributed by atoms with Gasteiger partial charge in [0.15, 0.2) is 11.5 Å². The van der Waals surface area contributed by atoms with E-state index >= 15 is 0 Å². The number of aromatic hydroxyl groups is 1. The van der Waals surface area contributed by atoms with Crippen LogP contribution < -0.4 is 14.4 Å². The van der Waals surface area contributed by atoms with Gasteiger partial charge in [0.05, 0.1) is 6.42 Å². The minimum atomic E-state index is 0.109. The molecule has 1 fully saturated rings. The number of rotatable bonds is 3. The summed E-state index contributed by atoms with van der Waals surface area (Å²) in [5.74, 6) is 1.78. The van der Waals surface area contributed by atoms with Crippen LogP contribution in [0.5, 0.6) is 17.2 Å². The van der Waals surface area contributed by atoms with Crippen molar-refractivity contribution in [3.63, 3.8) is 0 Å². The molecule has 7 heteroatoms. The van der Waals surface area contributed by atoms with Crippen molar-refractivity contribution in [2.24, 2.45) is 0 Å². The average Bonchev–Trinajstić information content (AvgIpc) is 2.69. The number of ether oxygens (including phenoxy) is 2. The van der Waals surface area contributed by atoms with Gasteiger partial charge in [0.1, 0.15) is 19.0 Å². The molecule has 6 nitrogen and oxygen atoms in total. The lowest BCUT2D eigenvalue weighted by Crippen LogP contribution is -2.49. The maximum absolute atomic E-state index is 12.8. The Morgan fingerprint density at radius 3 is 2.30 bits per heavy atom. The fourth-order valence-corrected chi connectivity index (χ4v) is 3.86. The molecule has 0 atom stereocenters. The number of amides is 1. The van der Waals surface area contributed by atoms with Crippen molar-refractivity contribution in [3.8, 4) is 17.2 Å². The molecule has 2 aromatic rings. The lowest BCUT2D eigenvalue weighted by molar-refractivity contribution is -0.130. The Morgan fingerprint density at radius 1 is 1.00 bits per heavy atom. The van der Waals surface area contributed by atoms with Crippen molar-refractivity contribution in [1.29, 1.82) is 0 Å². The topological polar surface area (TPSA) is 62.2 Å². The van der Waals surface area contributed by atoms with Crippen molar-refractivity contribution >= 4 is 27.5 Å². The number of benzene rings is 2. The van der Waals surface area contributed by atoms with Gasteiger partial charge in [-0.2, -0.15) is 0 Å². The average molecular weight is 433 g/mol. The van der Waals surface area contributed by atoms with Gasteiger partial charge in [-0.1, -0.05) is 15.9 Å². The molecule has 4 rings (SSSR count). The van der Waals surface area contributed by atoms with Crippen molar-refractivity contribution < 1.29 is 19.4 Å². The summed E-state index contributed by atoms with van der Waals surface area (Å²) in [6.07, 6.45) is 0.330. The highest BCUT2D eigenvalue weighted by atomic mass is 79.9. The number of phenols is 1. The minimum Gasteiger partial charge on any atom is -0.508 e. The zero-order valence-corrected chi connectivity index (χ0v) is 16.4. The molecule has 0 aliphatic carbocycles. The van der Waals surface area contributed by atoms with E-state index in [4.69, 9.17) is 9.47 Å². The zero-order chi connectivity index (χ0) is 18.8. The second-order valence-electron chi connectivity index (χ2n) is 6.65. The van der Waals surface area contributed by atoms with Crippen LogP contribution in [0.4, 0.5) is 5.69 Å². The highest BCUT2D eigenvalue weighted by Crippen LogP contribution is 2.36. The van der Waals surface area contributed by atoms with E-state index in [1.807, 2.05) is 29.2 Å². The van der Waals surface area contributed by atoms with Gasteiger partial charge in [0.25, 0.3) is 0 Å². The second kappa shape index (κ2) is 7.68. The molecule has 1 saturated heterocycles. The molecule has 27 heavy (non-hydrogen) atoms. The molecule has 142 valence electrons. The summed E-state index contributed by atoms with van der Waals surface area (Å²) >= 11 is 3.54. The number of halogens is 1. The number of hydrogen-bond donors (Lipinski definition) is 1. The quantitative estimate of drug-likeness (QED) is 0.807. The van der Waals surface area contributed by atoms with Crippen LogP contribution in [0.25, 0.3) is 0 Å². The van der Waals surface area contributed by atoms with Gasteiger partial charge in [-0.3, -0.25) is 4.79 Å². The molecule has 1 amide bonds. The Labute approximate surface area is 166 Å². The predicted octanol–water partition coefficient (Wildman–Crippen LogP) is 2.82. The third-order valence-corrected chi connectivity index (χ3v) is 5.64. The Hall–Kier alpha value is -2.41. The second-order valence-corrected chi connectivity index (χ2v) is 7.50. The fourth-order valence-electron chi connectivity index (χ4n) is 3.39. The third-order valence-electron chi connectivity index (χ3n) is 4.90. The first-order valence-corrected chi connectivity index (χ1v) is 9.79. The van der Waals surface area contributed by atoms with Crippen molar-refractivity contribution in [2.75, 3.05) is 44.3 Å². The van der Waals surface area contributed by atoms with Crippen LogP contribution in [0.3, 0.4) is 0 Å². The van der Waals surface area contributed by atoms with E-state index in [9.17, 15) is 9.90 Å². The molecule has 0 spiro atoms. The van der Waals surface area contributed by atoms with Crippen LogP contribution in [-0.4, -0.2) is 55.3 Å². The number of anilines is 1. The maximum Gasteiger partial charge on any atom is 0.227 e. The summed E-state index contributed by atoms with van der Waals surface area (Å²) in [6, 6.07) is 10.9. The standard InChI is InChI=1S/C20H21BrN2O4/c21-17-13-19-18(26-9-10-27-19)11-14(17)12-20(25)23-7-5-22(6-8-23)15-1-3-16(24)4-2-15/h1-4,11,13,24H,5-10,12H2. The Bertz CT molecular complexity index is 833. The highest BCUT2D eigenvalue weighted by Gasteiger charge is 2.23. The first-order valence-electron chi connectivity index (χ1n) is 9.00. The van der Waals surface area contributed by atoms with E-state index in [0.29, 0.717) is 44.2 Å². The molecule has 1 N–H and O–H groups in total. The van der Waals surface area contributed by atoms with Crippen LogP contribution in [0, 0.1) is 0 Å². The number of phenolic OH excluding ortho intramolecular Hbond substituents is 1. The van der Waals surface area contributed by atoms with Crippen LogP contribution >= 0.6 is 15.9 Å². The Balaban J connectivity index is 1.38. The SMILES string of the molecule is O=C(Cc1cc2c(cc1Br)OCCO2)N1CCN(c2ccc(O)cc2)CC1. The van der Waals surface area contributed by atoms with Gasteiger partial charge in [-0.15, -0.1) is 0 Å². The Morgan fingerprint density at radius 2 is 1.63 bits per heavy atom. The summed E-state index contributed by atoms with van der Waals surface area (Å²) in [7, 11) is 0. The molecule has 2 aliphatic heterocycles. The molecule has 0 saturated carbocycles. The predicted molar refractivity (Wildman–Crippen MR) is 106 cm³/mol. The number of piperazine rings is 1. The molecule has 2 aliphatic rings. The van der Waals surface area contributed by atoms with E-state index in [-0.39, 0.29) is 11.7 Å². The molecular weight excluding hydrogens is 412 g/mol. The van der Waals surface area contributed by atoms with E-state index in [1.54, 1.807) is 12.1 Å². The molecule has 2 heterocycles. The zero-order valence-electron chi connectivity index (χ0n) is 14.9. The van der Waals surface area contributed by atoms with Gasteiger partial charge in [0, 0.05) is 36.3 Å². The summed E-state index contributed by atoms with van der Waals surface area (Å²) in [5.41, 5.74) is 1.97. The van der Waals surface area contributed by atoms with Gasteiger partial charge in [0.2, 0.25) is 5.91 Å². The summed E-state index contributed by atoms with van der Waals surface area (Å²) in [5, 5.41) is 9.41. The summed E-state index contributed by atoms with van der Waals surface area (Å²) in [4.78, 5) is 16.9. The normalized spacial score (nSPS) is 16.3. The molecule has 0 radical (unpaired) electrons. The van der Waals surface area contributed by atoms with Crippen LogP contribution in [-0.2, 0) is 11.2 Å². The molecular formula is C20H21BrN2O4. The number of fused-ring (bicyclic) bond motifs is 1. The van der Waals surface area contributed by atoms with Gasteiger partial charge in [-0.05, 0) is 42.0 Å². The monoisotopic (exact) mass is 432 g/mol. The number of hydrogen-bond acceptors (Lipinski definition) is 5. The van der Waals surface area contributed by atoms with Gasteiger partial charge >= 0.3 is 0 Å². The summed E-state index contributed by atoms with van der Waals surface area (Å²) < 4.78 is 12.1. The molecule has 0 bridgehead atoms. The van der Waals surface area contributed by atoms with Crippen LogP contribution in [0.15, 0.2) is 40.9 Å². The summed E-state index contributed by atoms with van der Waals surface area (Å²) in [6.45, 7) is 3.99. The Kier molecular flexibility index (Phi) is 5.11. The van der Waals surface area contributed by atoms with E-state index in [1.165, 1.54) is 0 Å². The minimum absolute atomic E-state index is 0.109. The first-order chi connectivity index (χ1) is 13.1. The van der Waals surface area contributed by atoms with Crippen LogP contribution in [0.2, 0.25) is 0 Å². The smallest absolute Gasteiger partial charge is 0.227 e. The van der Waals surface area contributed by atoms with Crippen molar-refractivity contribution in [2.45, 2.75) is 6.42 Å². The molecule has 2 aromatic carbocycles. The number of carbonyl (C=O) groups is 1. The van der Waals surface area contributed by atoms with E-state index in [2.05, 4.69) is 20.8 Å². The maximum atomic E-state index is 12.8. The fraction of sp³-hybridized carbons (Fsp3) is 0.350.